The van der Waals surface area contributed by atoms with Crippen LogP contribution in [0.5, 0.6) is 0 Å². The van der Waals surface area contributed by atoms with Crippen molar-refractivity contribution in [1.29, 1.82) is 0 Å². The third-order valence-electron chi connectivity index (χ3n) is 3.18. The van der Waals surface area contributed by atoms with Crippen LogP contribution in [0.3, 0.4) is 0 Å². The molecule has 0 saturated carbocycles. The van der Waals surface area contributed by atoms with E-state index in [0.29, 0.717) is 17.9 Å². The van der Waals surface area contributed by atoms with Crippen molar-refractivity contribution < 1.29 is 4.79 Å². The molecule has 14 heavy (non-hydrogen) atoms. The number of amides is 1. The van der Waals surface area contributed by atoms with Crippen molar-refractivity contribution in [1.82, 2.24) is 4.90 Å². The molecule has 1 heterocycles. The predicted molar refractivity (Wildman–Crippen MR) is 59.1 cm³/mol. The largest absolute Gasteiger partial charge is 0.340 e. The zero-order chi connectivity index (χ0) is 10.6. The number of carbonyl (C=O) groups is 1. The molecule has 82 valence electrons. The van der Waals surface area contributed by atoms with Gasteiger partial charge in [0.25, 0.3) is 0 Å². The first-order valence-electron chi connectivity index (χ1n) is 6.01. The van der Waals surface area contributed by atoms with Crippen LogP contribution in [-0.2, 0) is 4.79 Å². The van der Waals surface area contributed by atoms with Gasteiger partial charge in [0.15, 0.2) is 0 Å². The molecule has 0 spiro atoms. The molecule has 1 rings (SSSR count). The SMILES string of the molecule is CCCCN1C(=O)[C@H](CCC)C[C@H]1C. The molecule has 0 aliphatic carbocycles. The summed E-state index contributed by atoms with van der Waals surface area (Å²) in [5, 5.41) is 0. The van der Waals surface area contributed by atoms with Gasteiger partial charge < -0.3 is 4.90 Å². The summed E-state index contributed by atoms with van der Waals surface area (Å²) in [6.45, 7) is 7.49. The monoisotopic (exact) mass is 197 g/mol. The van der Waals surface area contributed by atoms with Crippen LogP contribution in [0.25, 0.3) is 0 Å². The molecule has 1 aliphatic rings. The Balaban J connectivity index is 2.47. The van der Waals surface area contributed by atoms with Gasteiger partial charge in [0.05, 0.1) is 0 Å². The zero-order valence-electron chi connectivity index (χ0n) is 9.75. The first-order valence-corrected chi connectivity index (χ1v) is 6.01. The summed E-state index contributed by atoms with van der Waals surface area (Å²) < 4.78 is 0. The minimum Gasteiger partial charge on any atom is -0.340 e. The highest BCUT2D eigenvalue weighted by atomic mass is 16.2. The van der Waals surface area contributed by atoms with Gasteiger partial charge in [-0.1, -0.05) is 26.7 Å². The smallest absolute Gasteiger partial charge is 0.225 e. The summed E-state index contributed by atoms with van der Waals surface area (Å²) >= 11 is 0. The molecule has 0 N–H and O–H groups in total. The molecule has 1 aliphatic heterocycles. The summed E-state index contributed by atoms with van der Waals surface area (Å²) in [7, 11) is 0. The number of hydrogen-bond acceptors (Lipinski definition) is 1. The molecule has 1 saturated heterocycles. The van der Waals surface area contributed by atoms with Gasteiger partial charge in [0, 0.05) is 18.5 Å². The average molecular weight is 197 g/mol. The van der Waals surface area contributed by atoms with Crippen molar-refractivity contribution >= 4 is 5.91 Å². The second kappa shape index (κ2) is 5.38. The van der Waals surface area contributed by atoms with E-state index in [-0.39, 0.29) is 0 Å². The highest BCUT2D eigenvalue weighted by Crippen LogP contribution is 2.27. The summed E-state index contributed by atoms with van der Waals surface area (Å²) in [5.74, 6) is 0.736. The predicted octanol–water partition coefficient (Wildman–Crippen LogP) is 2.82. The molecule has 1 fully saturated rings. The van der Waals surface area contributed by atoms with Gasteiger partial charge in [-0.25, -0.2) is 0 Å². The van der Waals surface area contributed by atoms with E-state index in [0.717, 1.165) is 32.2 Å². The van der Waals surface area contributed by atoms with Crippen molar-refractivity contribution in [3.05, 3.63) is 0 Å². The van der Waals surface area contributed by atoms with Crippen molar-refractivity contribution in [3.63, 3.8) is 0 Å². The van der Waals surface area contributed by atoms with E-state index in [1.807, 2.05) is 0 Å². The van der Waals surface area contributed by atoms with Gasteiger partial charge in [0.1, 0.15) is 0 Å². The maximum absolute atomic E-state index is 11.9. The fraction of sp³-hybridized carbons (Fsp3) is 0.917. The summed E-state index contributed by atoms with van der Waals surface area (Å²) in [5.41, 5.74) is 0. The lowest BCUT2D eigenvalue weighted by molar-refractivity contribution is -0.132. The van der Waals surface area contributed by atoms with Gasteiger partial charge in [-0.3, -0.25) is 4.79 Å². The molecule has 0 bridgehead atoms. The Bertz CT molecular complexity index is 191. The lowest BCUT2D eigenvalue weighted by atomic mass is 10.0. The van der Waals surface area contributed by atoms with E-state index in [1.165, 1.54) is 6.42 Å². The first kappa shape index (κ1) is 11.5. The quantitative estimate of drug-likeness (QED) is 0.663. The Kier molecular flexibility index (Phi) is 4.43. The van der Waals surface area contributed by atoms with Gasteiger partial charge in [-0.05, 0) is 26.2 Å². The molecule has 0 unspecified atom stereocenters. The van der Waals surface area contributed by atoms with E-state index in [9.17, 15) is 4.79 Å². The van der Waals surface area contributed by atoms with Gasteiger partial charge >= 0.3 is 0 Å². The topological polar surface area (TPSA) is 20.3 Å². The van der Waals surface area contributed by atoms with Crippen LogP contribution in [0.1, 0.15) is 52.9 Å². The van der Waals surface area contributed by atoms with Crippen LogP contribution in [-0.4, -0.2) is 23.4 Å². The third kappa shape index (κ3) is 2.49. The van der Waals surface area contributed by atoms with Crippen LogP contribution >= 0.6 is 0 Å². The van der Waals surface area contributed by atoms with Crippen LogP contribution in [0.15, 0.2) is 0 Å². The number of carbonyl (C=O) groups excluding carboxylic acids is 1. The molecule has 2 nitrogen and oxygen atoms in total. The standard InChI is InChI=1S/C12H23NO/c1-4-6-8-13-10(3)9-11(7-5-2)12(13)14/h10-11H,4-9H2,1-3H3/t10-,11-/m1/s1. The minimum atomic E-state index is 0.326. The van der Waals surface area contributed by atoms with Crippen molar-refractivity contribution in [3.8, 4) is 0 Å². The van der Waals surface area contributed by atoms with Gasteiger partial charge in [-0.15, -0.1) is 0 Å². The highest BCUT2D eigenvalue weighted by Gasteiger charge is 2.35. The van der Waals surface area contributed by atoms with E-state index >= 15 is 0 Å². The number of likely N-dealkylation sites (tertiary alicyclic amines) is 1. The molecule has 2 heteroatoms. The van der Waals surface area contributed by atoms with Gasteiger partial charge in [-0.2, -0.15) is 0 Å². The van der Waals surface area contributed by atoms with Crippen LogP contribution < -0.4 is 0 Å². The number of nitrogens with zero attached hydrogens (tertiary/aromatic N) is 1. The fourth-order valence-electron chi connectivity index (χ4n) is 2.34. The van der Waals surface area contributed by atoms with Crippen LogP contribution in [0.2, 0.25) is 0 Å². The lowest BCUT2D eigenvalue weighted by Crippen LogP contribution is -2.33. The van der Waals surface area contributed by atoms with E-state index in [4.69, 9.17) is 0 Å². The average Bonchev–Trinajstić information content (AvgIpc) is 2.41. The minimum absolute atomic E-state index is 0.326. The molecule has 0 aromatic rings. The Hall–Kier alpha value is -0.530. The fourth-order valence-corrected chi connectivity index (χ4v) is 2.34. The lowest BCUT2D eigenvalue weighted by Gasteiger charge is -2.21. The maximum atomic E-state index is 11.9. The maximum Gasteiger partial charge on any atom is 0.225 e. The van der Waals surface area contributed by atoms with E-state index < -0.39 is 0 Å². The third-order valence-corrected chi connectivity index (χ3v) is 3.18. The second-order valence-corrected chi connectivity index (χ2v) is 4.46. The Morgan fingerprint density at radius 1 is 1.36 bits per heavy atom. The first-order chi connectivity index (χ1) is 6.70. The second-order valence-electron chi connectivity index (χ2n) is 4.46. The van der Waals surface area contributed by atoms with Gasteiger partial charge in [0.2, 0.25) is 5.91 Å². The highest BCUT2D eigenvalue weighted by molar-refractivity contribution is 5.81. The number of unbranched alkanes of at least 4 members (excludes halogenated alkanes) is 1. The van der Waals surface area contributed by atoms with Crippen LogP contribution in [0, 0.1) is 5.92 Å². The van der Waals surface area contributed by atoms with Crippen molar-refractivity contribution in [2.24, 2.45) is 5.92 Å². The molecule has 0 aromatic heterocycles. The molecule has 0 aromatic carbocycles. The molecule has 0 radical (unpaired) electrons. The van der Waals surface area contributed by atoms with E-state index in [2.05, 4.69) is 25.7 Å². The molecule has 1 amide bonds. The Morgan fingerprint density at radius 2 is 2.07 bits per heavy atom. The number of rotatable bonds is 5. The van der Waals surface area contributed by atoms with E-state index in [1.54, 1.807) is 0 Å². The van der Waals surface area contributed by atoms with Crippen LogP contribution in [0.4, 0.5) is 0 Å². The summed E-state index contributed by atoms with van der Waals surface area (Å²) in [4.78, 5) is 14.0. The van der Waals surface area contributed by atoms with Crippen molar-refractivity contribution in [2.45, 2.75) is 58.9 Å². The summed E-state index contributed by atoms with van der Waals surface area (Å²) in [6, 6.07) is 0.477. The number of hydrogen-bond donors (Lipinski definition) is 0. The normalized spacial score (nSPS) is 27.4. The zero-order valence-corrected chi connectivity index (χ0v) is 9.75. The summed E-state index contributed by atoms with van der Waals surface area (Å²) in [6.07, 6.45) is 5.61. The Labute approximate surface area is 87.7 Å². The Morgan fingerprint density at radius 3 is 2.64 bits per heavy atom. The van der Waals surface area contributed by atoms with Crippen molar-refractivity contribution in [2.75, 3.05) is 6.54 Å². The molecular formula is C12H23NO. The molecular weight excluding hydrogens is 174 g/mol. The molecule has 2 atom stereocenters.